The predicted molar refractivity (Wildman–Crippen MR) is 77.9 cm³/mol. The van der Waals surface area contributed by atoms with E-state index in [1.165, 1.54) is 18.2 Å². The van der Waals surface area contributed by atoms with Gasteiger partial charge >= 0.3 is 6.18 Å². The van der Waals surface area contributed by atoms with Crippen LogP contribution in [0.2, 0.25) is 0 Å². The van der Waals surface area contributed by atoms with Gasteiger partial charge in [-0.25, -0.2) is 9.37 Å². The number of benzene rings is 2. The number of nitrogens with one attached hydrogen (secondary N) is 1. The Labute approximate surface area is 132 Å². The van der Waals surface area contributed by atoms with Crippen molar-refractivity contribution >= 4 is 16.8 Å². The molecule has 0 saturated heterocycles. The van der Waals surface area contributed by atoms with Crippen LogP contribution in [0, 0.1) is 5.82 Å². The fourth-order valence-corrected chi connectivity index (χ4v) is 2.29. The second-order valence-corrected chi connectivity index (χ2v) is 5.09. The number of H-pyrrole nitrogens is 1. The topological polar surface area (TPSA) is 66.0 Å². The lowest BCUT2D eigenvalue weighted by Crippen LogP contribution is -2.05. The highest BCUT2D eigenvalue weighted by molar-refractivity contribution is 5.99. The van der Waals surface area contributed by atoms with Crippen LogP contribution >= 0.6 is 0 Å². The monoisotopic (exact) mass is 338 g/mol. The van der Waals surface area contributed by atoms with Gasteiger partial charge in [0.25, 0.3) is 0 Å². The third-order valence-electron chi connectivity index (χ3n) is 3.50. The van der Waals surface area contributed by atoms with E-state index in [0.29, 0.717) is 17.1 Å². The minimum atomic E-state index is -4.63. The first-order chi connectivity index (χ1) is 11.3. The number of halogens is 4. The highest BCUT2D eigenvalue weighted by Gasteiger charge is 2.31. The maximum atomic E-state index is 14.0. The molecule has 0 atom stereocenters. The maximum absolute atomic E-state index is 14.0. The van der Waals surface area contributed by atoms with Crippen molar-refractivity contribution in [2.75, 3.05) is 6.61 Å². The van der Waals surface area contributed by atoms with Crippen LogP contribution in [0.1, 0.15) is 15.9 Å². The van der Waals surface area contributed by atoms with Gasteiger partial charge in [0.15, 0.2) is 5.78 Å². The quantitative estimate of drug-likeness (QED) is 0.567. The summed E-state index contributed by atoms with van der Waals surface area (Å²) in [4.78, 5) is 18.3. The molecule has 0 aliphatic rings. The molecular weight excluding hydrogens is 328 g/mol. The zero-order valence-electron chi connectivity index (χ0n) is 12.0. The van der Waals surface area contributed by atoms with Gasteiger partial charge in [-0.1, -0.05) is 0 Å². The number of carbonyl (C=O) groups excluding carboxylic acids is 1. The average Bonchev–Trinajstić information content (AvgIpc) is 2.95. The van der Waals surface area contributed by atoms with E-state index in [9.17, 15) is 22.4 Å². The first kappa shape index (κ1) is 16.1. The number of hydrogen-bond donors (Lipinski definition) is 2. The summed E-state index contributed by atoms with van der Waals surface area (Å²) in [5.74, 6) is -1.51. The van der Waals surface area contributed by atoms with Gasteiger partial charge in [0.1, 0.15) is 18.2 Å². The van der Waals surface area contributed by atoms with Crippen LogP contribution in [-0.4, -0.2) is 27.5 Å². The number of nitrogens with zero attached hydrogens (tertiary/aromatic N) is 1. The number of aliphatic hydroxyl groups is 1. The van der Waals surface area contributed by atoms with Crippen LogP contribution in [0.3, 0.4) is 0 Å². The van der Waals surface area contributed by atoms with Gasteiger partial charge in [-0.15, -0.1) is 0 Å². The summed E-state index contributed by atoms with van der Waals surface area (Å²) in [6, 6.07) is 6.56. The molecule has 2 aromatic carbocycles. The van der Waals surface area contributed by atoms with Crippen LogP contribution in [0.25, 0.3) is 22.4 Å². The molecule has 0 saturated carbocycles. The number of ketones is 1. The van der Waals surface area contributed by atoms with E-state index in [1.807, 2.05) is 0 Å². The number of aliphatic hydroxyl groups excluding tert-OH is 1. The summed E-state index contributed by atoms with van der Waals surface area (Å²) < 4.78 is 51.8. The Balaban J connectivity index is 2.05. The Kier molecular flexibility index (Phi) is 3.84. The van der Waals surface area contributed by atoms with Crippen molar-refractivity contribution in [3.63, 3.8) is 0 Å². The zero-order chi connectivity index (χ0) is 17.5. The standard InChI is InChI=1S/C16H10F4N2O2/c17-11-6-9(16(18,19)20)2-3-10(11)15-21-12-4-1-8(14(24)7-23)5-13(12)22-15/h1-6,23H,7H2,(H,21,22). The lowest BCUT2D eigenvalue weighted by atomic mass is 10.1. The Morgan fingerprint density at radius 1 is 1.17 bits per heavy atom. The molecule has 0 fully saturated rings. The Morgan fingerprint density at radius 3 is 2.54 bits per heavy atom. The molecule has 4 nitrogen and oxygen atoms in total. The fourth-order valence-electron chi connectivity index (χ4n) is 2.29. The van der Waals surface area contributed by atoms with Crippen LogP contribution in [0.4, 0.5) is 17.6 Å². The largest absolute Gasteiger partial charge is 0.416 e. The van der Waals surface area contributed by atoms with Crippen molar-refractivity contribution in [2.45, 2.75) is 6.18 Å². The molecule has 3 rings (SSSR count). The van der Waals surface area contributed by atoms with Crippen LogP contribution in [0.15, 0.2) is 36.4 Å². The van der Waals surface area contributed by atoms with Gasteiger partial charge in [0.2, 0.25) is 0 Å². The van der Waals surface area contributed by atoms with Gasteiger partial charge in [0, 0.05) is 5.56 Å². The number of rotatable bonds is 3. The van der Waals surface area contributed by atoms with Crippen LogP contribution in [-0.2, 0) is 6.18 Å². The van der Waals surface area contributed by atoms with Crippen molar-refractivity contribution in [3.8, 4) is 11.4 Å². The van der Waals surface area contributed by atoms with Gasteiger partial charge in [-0.2, -0.15) is 13.2 Å². The van der Waals surface area contributed by atoms with Gasteiger partial charge in [-0.05, 0) is 36.4 Å². The van der Waals surface area contributed by atoms with Gasteiger partial charge in [-0.3, -0.25) is 4.79 Å². The van der Waals surface area contributed by atoms with Crippen molar-refractivity contribution in [2.24, 2.45) is 0 Å². The highest BCUT2D eigenvalue weighted by atomic mass is 19.4. The molecule has 0 bridgehead atoms. The third kappa shape index (κ3) is 2.88. The Hall–Kier alpha value is -2.74. The molecule has 3 aromatic rings. The molecule has 0 aliphatic carbocycles. The zero-order valence-corrected chi connectivity index (χ0v) is 12.0. The molecule has 0 unspecified atom stereocenters. The summed E-state index contributed by atoms with van der Waals surface area (Å²) in [6.45, 7) is -0.653. The molecule has 0 amide bonds. The Morgan fingerprint density at radius 2 is 1.92 bits per heavy atom. The number of carbonyl (C=O) groups is 1. The second kappa shape index (κ2) is 5.72. The molecule has 0 aliphatic heterocycles. The van der Waals surface area contributed by atoms with E-state index in [-0.39, 0.29) is 17.0 Å². The van der Waals surface area contributed by atoms with E-state index < -0.39 is 29.9 Å². The van der Waals surface area contributed by atoms with Crippen molar-refractivity contribution in [1.29, 1.82) is 0 Å². The lowest BCUT2D eigenvalue weighted by Gasteiger charge is -2.07. The maximum Gasteiger partial charge on any atom is 0.416 e. The molecule has 24 heavy (non-hydrogen) atoms. The smallest absolute Gasteiger partial charge is 0.388 e. The van der Waals surface area contributed by atoms with Gasteiger partial charge in [0.05, 0.1) is 22.2 Å². The normalized spacial score (nSPS) is 11.9. The molecule has 1 heterocycles. The number of alkyl halides is 3. The number of Topliss-reactive ketones (excluding diaryl/α,β-unsaturated/α-hetero) is 1. The van der Waals surface area contributed by atoms with E-state index in [4.69, 9.17) is 5.11 Å². The van der Waals surface area contributed by atoms with Crippen molar-refractivity contribution < 1.29 is 27.5 Å². The molecular formula is C16H10F4N2O2. The summed E-state index contributed by atoms with van der Waals surface area (Å²) in [7, 11) is 0. The summed E-state index contributed by atoms with van der Waals surface area (Å²) in [5, 5.41) is 8.85. The summed E-state index contributed by atoms with van der Waals surface area (Å²) in [6.07, 6.45) is -4.63. The predicted octanol–water partition coefficient (Wildman–Crippen LogP) is 3.56. The fraction of sp³-hybridized carbons (Fsp3) is 0.125. The third-order valence-corrected chi connectivity index (χ3v) is 3.50. The molecule has 1 aromatic heterocycles. The molecule has 0 spiro atoms. The summed E-state index contributed by atoms with van der Waals surface area (Å²) >= 11 is 0. The minimum absolute atomic E-state index is 0.0461. The van der Waals surface area contributed by atoms with Crippen molar-refractivity contribution in [1.82, 2.24) is 9.97 Å². The van der Waals surface area contributed by atoms with E-state index in [1.54, 1.807) is 0 Å². The average molecular weight is 338 g/mol. The molecule has 8 heteroatoms. The Bertz CT molecular complexity index is 931. The highest BCUT2D eigenvalue weighted by Crippen LogP contribution is 2.32. The van der Waals surface area contributed by atoms with E-state index >= 15 is 0 Å². The second-order valence-electron chi connectivity index (χ2n) is 5.09. The van der Waals surface area contributed by atoms with Gasteiger partial charge < -0.3 is 10.1 Å². The van der Waals surface area contributed by atoms with Crippen LogP contribution in [0.5, 0.6) is 0 Å². The van der Waals surface area contributed by atoms with Crippen molar-refractivity contribution in [3.05, 3.63) is 53.3 Å². The number of aromatic nitrogens is 2. The number of hydrogen-bond acceptors (Lipinski definition) is 3. The van der Waals surface area contributed by atoms with E-state index in [2.05, 4.69) is 9.97 Å². The van der Waals surface area contributed by atoms with Crippen LogP contribution < -0.4 is 0 Å². The molecule has 124 valence electrons. The summed E-state index contributed by atoms with van der Waals surface area (Å²) in [5.41, 5.74) is -0.139. The van der Waals surface area contributed by atoms with E-state index in [0.717, 1.165) is 12.1 Å². The number of fused-ring (bicyclic) bond motifs is 1. The minimum Gasteiger partial charge on any atom is -0.388 e. The SMILES string of the molecule is O=C(CO)c1ccc2nc(-c3ccc(C(F)(F)F)cc3F)[nH]c2c1. The first-order valence-corrected chi connectivity index (χ1v) is 6.80. The lowest BCUT2D eigenvalue weighted by molar-refractivity contribution is -0.137. The number of aromatic amines is 1. The molecule has 0 radical (unpaired) electrons. The molecule has 2 N–H and O–H groups in total. The number of imidazole rings is 1. The first-order valence-electron chi connectivity index (χ1n) is 6.80.